The zero-order valence-electron chi connectivity index (χ0n) is 15.1. The third-order valence-corrected chi connectivity index (χ3v) is 5.77. The molecule has 26 heavy (non-hydrogen) atoms. The number of aryl methyl sites for hydroxylation is 1. The fourth-order valence-electron chi connectivity index (χ4n) is 3.28. The Morgan fingerprint density at radius 2 is 1.96 bits per heavy atom. The lowest BCUT2D eigenvalue weighted by molar-refractivity contribution is 0.0846. The maximum Gasteiger partial charge on any atom is 0.198 e. The normalized spacial score (nSPS) is 19.1. The van der Waals surface area contributed by atoms with E-state index in [-0.39, 0.29) is 0 Å². The molecule has 3 heterocycles. The predicted octanol–water partition coefficient (Wildman–Crippen LogP) is 3.05. The molecule has 0 spiro atoms. The summed E-state index contributed by atoms with van der Waals surface area (Å²) >= 11 is 1.50. The standard InChI is InChI=1S/C19H23N5OS/c1-22-10-11-24(13-17(22)15-6-4-3-5-7-15)12-16-8-9-18(25-16)26-19-21-20-14-23(19)2/h3-9,14,17H,10-13H2,1-2H3/t17-/m0/s1. The van der Waals surface area contributed by atoms with E-state index in [1.54, 1.807) is 6.33 Å². The van der Waals surface area contributed by atoms with E-state index in [0.29, 0.717) is 6.04 Å². The van der Waals surface area contributed by atoms with Crippen LogP contribution in [0.25, 0.3) is 0 Å². The highest BCUT2D eigenvalue weighted by atomic mass is 32.2. The molecule has 0 amide bonds. The number of aromatic nitrogens is 3. The minimum absolute atomic E-state index is 0.424. The smallest absolute Gasteiger partial charge is 0.198 e. The van der Waals surface area contributed by atoms with Gasteiger partial charge in [-0.2, -0.15) is 0 Å². The monoisotopic (exact) mass is 369 g/mol. The third kappa shape index (κ3) is 3.85. The quantitative estimate of drug-likeness (QED) is 0.689. The number of likely N-dealkylation sites (N-methyl/N-ethyl adjacent to an activating group) is 1. The molecule has 0 aliphatic carbocycles. The van der Waals surface area contributed by atoms with E-state index in [1.807, 2.05) is 17.7 Å². The number of nitrogens with zero attached hydrogens (tertiary/aromatic N) is 5. The summed E-state index contributed by atoms with van der Waals surface area (Å²) in [5.41, 5.74) is 1.37. The first-order valence-electron chi connectivity index (χ1n) is 8.77. The van der Waals surface area contributed by atoms with Crippen molar-refractivity contribution in [3.8, 4) is 0 Å². The summed E-state index contributed by atoms with van der Waals surface area (Å²) in [7, 11) is 4.14. The summed E-state index contributed by atoms with van der Waals surface area (Å²) in [6, 6.07) is 15.2. The van der Waals surface area contributed by atoms with Crippen LogP contribution in [0.1, 0.15) is 17.4 Å². The van der Waals surface area contributed by atoms with Crippen LogP contribution in [0.3, 0.4) is 0 Å². The maximum atomic E-state index is 6.01. The first-order chi connectivity index (χ1) is 12.7. The summed E-state index contributed by atoms with van der Waals surface area (Å²) in [6.07, 6.45) is 1.69. The lowest BCUT2D eigenvalue weighted by Gasteiger charge is -2.39. The highest BCUT2D eigenvalue weighted by Crippen LogP contribution is 2.29. The van der Waals surface area contributed by atoms with Crippen molar-refractivity contribution in [1.82, 2.24) is 24.6 Å². The molecule has 2 aromatic heterocycles. The highest BCUT2D eigenvalue weighted by Gasteiger charge is 2.26. The SMILES string of the molecule is CN1CCN(Cc2ccc(Sc3nncn3C)o2)C[C@H]1c1ccccc1. The van der Waals surface area contributed by atoms with Crippen LogP contribution in [0.4, 0.5) is 0 Å². The van der Waals surface area contributed by atoms with Crippen LogP contribution in [0.2, 0.25) is 0 Å². The van der Waals surface area contributed by atoms with E-state index in [0.717, 1.165) is 42.2 Å². The average molecular weight is 369 g/mol. The molecule has 1 aliphatic rings. The molecule has 4 rings (SSSR count). The molecule has 0 unspecified atom stereocenters. The largest absolute Gasteiger partial charge is 0.453 e. The van der Waals surface area contributed by atoms with Crippen molar-refractivity contribution < 1.29 is 4.42 Å². The molecule has 136 valence electrons. The third-order valence-electron chi connectivity index (χ3n) is 4.79. The van der Waals surface area contributed by atoms with Crippen molar-refractivity contribution in [3.05, 3.63) is 60.1 Å². The van der Waals surface area contributed by atoms with Crippen molar-refractivity contribution in [2.24, 2.45) is 7.05 Å². The molecule has 0 radical (unpaired) electrons. The molecule has 0 saturated carbocycles. The summed E-state index contributed by atoms with van der Waals surface area (Å²) in [5.74, 6) is 0.992. The van der Waals surface area contributed by atoms with Crippen molar-refractivity contribution in [2.75, 3.05) is 26.7 Å². The van der Waals surface area contributed by atoms with Gasteiger partial charge in [-0.05, 0) is 36.5 Å². The van der Waals surface area contributed by atoms with Gasteiger partial charge in [0.15, 0.2) is 10.2 Å². The molecule has 0 N–H and O–H groups in total. The van der Waals surface area contributed by atoms with Crippen molar-refractivity contribution in [1.29, 1.82) is 0 Å². The Bertz CT molecular complexity index is 847. The lowest BCUT2D eigenvalue weighted by atomic mass is 10.0. The van der Waals surface area contributed by atoms with Gasteiger partial charge < -0.3 is 8.98 Å². The number of hydrogen-bond donors (Lipinski definition) is 0. The number of hydrogen-bond acceptors (Lipinski definition) is 6. The molecule has 1 fully saturated rings. The molecular formula is C19H23N5OS. The molecule has 3 aromatic rings. The highest BCUT2D eigenvalue weighted by molar-refractivity contribution is 7.99. The predicted molar refractivity (Wildman–Crippen MR) is 101 cm³/mol. The van der Waals surface area contributed by atoms with Crippen molar-refractivity contribution in [2.45, 2.75) is 22.8 Å². The van der Waals surface area contributed by atoms with Gasteiger partial charge in [0.05, 0.1) is 6.54 Å². The van der Waals surface area contributed by atoms with Gasteiger partial charge in [0.2, 0.25) is 0 Å². The molecule has 1 saturated heterocycles. The van der Waals surface area contributed by atoms with E-state index in [4.69, 9.17) is 4.42 Å². The first kappa shape index (κ1) is 17.3. The lowest BCUT2D eigenvalue weighted by Crippen LogP contribution is -2.46. The molecule has 1 aliphatic heterocycles. The number of furan rings is 1. The maximum absolute atomic E-state index is 6.01. The Morgan fingerprint density at radius 3 is 2.73 bits per heavy atom. The molecule has 1 atom stereocenters. The van der Waals surface area contributed by atoms with Crippen LogP contribution in [0.15, 0.2) is 63.5 Å². The summed E-state index contributed by atoms with van der Waals surface area (Å²) in [6.45, 7) is 3.94. The van der Waals surface area contributed by atoms with Gasteiger partial charge in [0.25, 0.3) is 0 Å². The average Bonchev–Trinajstić information content (AvgIpc) is 3.27. The molecule has 6 nitrogen and oxygen atoms in total. The Hall–Kier alpha value is -2.09. The van der Waals surface area contributed by atoms with E-state index in [2.05, 4.69) is 63.4 Å². The zero-order valence-corrected chi connectivity index (χ0v) is 15.9. The fraction of sp³-hybridized carbons (Fsp3) is 0.368. The molecule has 7 heteroatoms. The van der Waals surface area contributed by atoms with Gasteiger partial charge >= 0.3 is 0 Å². The van der Waals surface area contributed by atoms with Crippen molar-refractivity contribution >= 4 is 11.8 Å². The minimum atomic E-state index is 0.424. The zero-order chi connectivity index (χ0) is 17.9. The van der Waals surface area contributed by atoms with Crippen LogP contribution in [0, 0.1) is 0 Å². The fourth-order valence-corrected chi connectivity index (χ4v) is 4.03. The second kappa shape index (κ2) is 7.65. The Kier molecular flexibility index (Phi) is 5.10. The van der Waals surface area contributed by atoms with Gasteiger partial charge in [0, 0.05) is 32.7 Å². The molecule has 1 aromatic carbocycles. The van der Waals surface area contributed by atoms with Crippen LogP contribution in [-0.2, 0) is 13.6 Å². The van der Waals surface area contributed by atoms with Crippen LogP contribution in [0.5, 0.6) is 0 Å². The van der Waals surface area contributed by atoms with E-state index in [1.165, 1.54) is 17.3 Å². The van der Waals surface area contributed by atoms with Gasteiger partial charge in [0.1, 0.15) is 12.1 Å². The van der Waals surface area contributed by atoms with Crippen LogP contribution >= 0.6 is 11.8 Å². The van der Waals surface area contributed by atoms with Gasteiger partial charge in [-0.15, -0.1) is 10.2 Å². The molecule has 0 bridgehead atoms. The number of rotatable bonds is 5. The number of piperazine rings is 1. The van der Waals surface area contributed by atoms with Crippen LogP contribution < -0.4 is 0 Å². The van der Waals surface area contributed by atoms with E-state index >= 15 is 0 Å². The second-order valence-electron chi connectivity index (χ2n) is 6.69. The topological polar surface area (TPSA) is 50.3 Å². The first-order valence-corrected chi connectivity index (χ1v) is 9.59. The second-order valence-corrected chi connectivity index (χ2v) is 7.66. The van der Waals surface area contributed by atoms with Crippen molar-refractivity contribution in [3.63, 3.8) is 0 Å². The molecular weight excluding hydrogens is 346 g/mol. The van der Waals surface area contributed by atoms with E-state index < -0.39 is 0 Å². The minimum Gasteiger partial charge on any atom is -0.453 e. The van der Waals surface area contributed by atoms with Crippen LogP contribution in [-0.4, -0.2) is 51.2 Å². The Labute approximate surface area is 157 Å². The summed E-state index contributed by atoms with van der Waals surface area (Å²) in [4.78, 5) is 4.90. The summed E-state index contributed by atoms with van der Waals surface area (Å²) in [5, 5.41) is 9.67. The van der Waals surface area contributed by atoms with Gasteiger partial charge in [-0.3, -0.25) is 9.80 Å². The Balaban J connectivity index is 1.40. The Morgan fingerprint density at radius 1 is 1.12 bits per heavy atom. The van der Waals surface area contributed by atoms with E-state index in [9.17, 15) is 0 Å². The summed E-state index contributed by atoms with van der Waals surface area (Å²) < 4.78 is 7.90. The van der Waals surface area contributed by atoms with Gasteiger partial charge in [-0.25, -0.2) is 0 Å². The number of benzene rings is 1. The van der Waals surface area contributed by atoms with Gasteiger partial charge in [-0.1, -0.05) is 30.3 Å².